The quantitative estimate of drug-likeness (QED) is 0.535. The van der Waals surface area contributed by atoms with E-state index < -0.39 is 0 Å². The fourth-order valence-electron chi connectivity index (χ4n) is 2.44. The van der Waals surface area contributed by atoms with Crippen LogP contribution in [-0.4, -0.2) is 20.0 Å². The van der Waals surface area contributed by atoms with Gasteiger partial charge < -0.3 is 0 Å². The number of halogens is 1. The smallest absolute Gasteiger partial charge is 0.189 e. The molecule has 0 saturated heterocycles. The highest BCUT2D eigenvalue weighted by atomic mass is 35.5. The summed E-state index contributed by atoms with van der Waals surface area (Å²) in [5, 5.41) is 13.6. The molecular weight excluding hydrogens is 272 g/mol. The van der Waals surface area contributed by atoms with Gasteiger partial charge in [0.15, 0.2) is 5.65 Å². The fourth-order valence-corrected chi connectivity index (χ4v) is 2.80. The first-order valence-corrected chi connectivity index (χ1v) is 6.58. The van der Waals surface area contributed by atoms with E-state index in [2.05, 4.69) is 15.5 Å². The summed E-state index contributed by atoms with van der Waals surface area (Å²) in [6.07, 6.45) is 0. The Morgan fingerprint density at radius 3 is 2.50 bits per heavy atom. The molecule has 0 saturated carbocycles. The summed E-state index contributed by atoms with van der Waals surface area (Å²) in [6.45, 7) is 0. The van der Waals surface area contributed by atoms with Gasteiger partial charge in [0.1, 0.15) is 0 Å². The number of hydrogen-bond acceptors (Lipinski definition) is 3. The van der Waals surface area contributed by atoms with Crippen molar-refractivity contribution < 1.29 is 0 Å². The van der Waals surface area contributed by atoms with E-state index in [9.17, 15) is 0 Å². The monoisotopic (exact) mass is 280 g/mol. The molecule has 96 valence electrons. The maximum atomic E-state index is 6.60. The maximum absolute atomic E-state index is 6.60. The number of tetrazole rings is 1. The van der Waals surface area contributed by atoms with Crippen LogP contribution < -0.4 is 0 Å². The zero-order valence-corrected chi connectivity index (χ0v) is 11.1. The molecule has 5 heteroatoms. The molecule has 2 aromatic carbocycles. The van der Waals surface area contributed by atoms with E-state index in [1.807, 2.05) is 54.6 Å². The molecule has 4 nitrogen and oxygen atoms in total. The molecule has 0 N–H and O–H groups in total. The van der Waals surface area contributed by atoms with Crippen molar-refractivity contribution in [1.29, 1.82) is 0 Å². The number of benzene rings is 2. The summed E-state index contributed by atoms with van der Waals surface area (Å²) < 4.78 is 1.73. The van der Waals surface area contributed by atoms with E-state index in [1.165, 1.54) is 0 Å². The molecule has 4 aromatic rings. The van der Waals surface area contributed by atoms with E-state index >= 15 is 0 Å². The SMILES string of the molecule is Clc1c(-c2ccccc2)c2nnnn2c2ccccc12. The Hall–Kier alpha value is -2.46. The van der Waals surface area contributed by atoms with Crippen molar-refractivity contribution in [2.24, 2.45) is 0 Å². The van der Waals surface area contributed by atoms with Gasteiger partial charge in [0, 0.05) is 10.9 Å². The van der Waals surface area contributed by atoms with Crippen LogP contribution in [0.15, 0.2) is 54.6 Å². The van der Waals surface area contributed by atoms with Crippen molar-refractivity contribution in [3.05, 3.63) is 59.6 Å². The highest BCUT2D eigenvalue weighted by Crippen LogP contribution is 2.36. The Morgan fingerprint density at radius 1 is 0.900 bits per heavy atom. The fraction of sp³-hybridized carbons (Fsp3) is 0. The van der Waals surface area contributed by atoms with Gasteiger partial charge in [-0.2, -0.15) is 4.52 Å². The summed E-state index contributed by atoms with van der Waals surface area (Å²) in [5.74, 6) is 0. The standard InChI is InChI=1S/C15H9ClN4/c16-14-11-8-4-5-9-12(11)20-15(17-18-19-20)13(14)10-6-2-1-3-7-10/h1-9H. The topological polar surface area (TPSA) is 43.1 Å². The summed E-state index contributed by atoms with van der Waals surface area (Å²) in [4.78, 5) is 0. The van der Waals surface area contributed by atoms with E-state index in [-0.39, 0.29) is 0 Å². The summed E-state index contributed by atoms with van der Waals surface area (Å²) in [5.41, 5.74) is 3.43. The summed E-state index contributed by atoms with van der Waals surface area (Å²) in [6, 6.07) is 17.8. The predicted octanol–water partition coefficient (Wildman–Crippen LogP) is 3.60. The lowest BCUT2D eigenvalue weighted by Crippen LogP contribution is -1.95. The number of hydrogen-bond donors (Lipinski definition) is 0. The molecule has 0 aliphatic rings. The number of aromatic nitrogens is 4. The van der Waals surface area contributed by atoms with Crippen LogP contribution in [0.1, 0.15) is 0 Å². The van der Waals surface area contributed by atoms with Crippen LogP contribution in [0.2, 0.25) is 5.02 Å². The average Bonchev–Trinajstić information content (AvgIpc) is 2.98. The molecule has 0 bridgehead atoms. The van der Waals surface area contributed by atoms with Crippen molar-refractivity contribution >= 4 is 28.2 Å². The Kier molecular flexibility index (Phi) is 2.44. The highest BCUT2D eigenvalue weighted by molar-refractivity contribution is 6.39. The van der Waals surface area contributed by atoms with Gasteiger partial charge in [-0.05, 0) is 22.1 Å². The van der Waals surface area contributed by atoms with Gasteiger partial charge in [-0.1, -0.05) is 60.1 Å². The second kappa shape index (κ2) is 4.28. The Morgan fingerprint density at radius 2 is 1.65 bits per heavy atom. The lowest BCUT2D eigenvalue weighted by atomic mass is 10.0. The molecule has 20 heavy (non-hydrogen) atoms. The number of nitrogens with zero attached hydrogens (tertiary/aromatic N) is 4. The highest BCUT2D eigenvalue weighted by Gasteiger charge is 2.16. The second-order valence-electron chi connectivity index (χ2n) is 4.49. The minimum absolute atomic E-state index is 0.667. The molecule has 0 amide bonds. The molecule has 0 radical (unpaired) electrons. The number of pyridine rings is 1. The van der Waals surface area contributed by atoms with Crippen LogP contribution in [0.25, 0.3) is 27.7 Å². The minimum Gasteiger partial charge on any atom is -0.192 e. The average molecular weight is 281 g/mol. The van der Waals surface area contributed by atoms with Crippen molar-refractivity contribution in [3.8, 4) is 11.1 Å². The number of fused-ring (bicyclic) bond motifs is 3. The molecule has 0 fully saturated rings. The molecule has 4 rings (SSSR count). The van der Waals surface area contributed by atoms with Gasteiger partial charge in [-0.3, -0.25) is 0 Å². The molecule has 0 spiro atoms. The lowest BCUT2D eigenvalue weighted by molar-refractivity contribution is 0.842. The second-order valence-corrected chi connectivity index (χ2v) is 4.86. The van der Waals surface area contributed by atoms with Crippen molar-refractivity contribution in [2.75, 3.05) is 0 Å². The van der Waals surface area contributed by atoms with Crippen LogP contribution in [0.4, 0.5) is 0 Å². The van der Waals surface area contributed by atoms with Crippen molar-refractivity contribution in [3.63, 3.8) is 0 Å². The molecule has 0 atom stereocenters. The van der Waals surface area contributed by atoms with Crippen LogP contribution in [0.3, 0.4) is 0 Å². The van der Waals surface area contributed by atoms with E-state index in [0.717, 1.165) is 22.0 Å². The van der Waals surface area contributed by atoms with Crippen molar-refractivity contribution in [2.45, 2.75) is 0 Å². The van der Waals surface area contributed by atoms with Crippen LogP contribution in [0.5, 0.6) is 0 Å². The molecule has 2 aromatic heterocycles. The molecule has 0 aliphatic carbocycles. The maximum Gasteiger partial charge on any atom is 0.189 e. The van der Waals surface area contributed by atoms with E-state index in [1.54, 1.807) is 4.52 Å². The van der Waals surface area contributed by atoms with Crippen molar-refractivity contribution in [1.82, 2.24) is 20.0 Å². The third-order valence-electron chi connectivity index (χ3n) is 3.34. The number of rotatable bonds is 1. The van der Waals surface area contributed by atoms with E-state index in [4.69, 9.17) is 11.6 Å². The minimum atomic E-state index is 0.667. The normalized spacial score (nSPS) is 11.2. The first kappa shape index (κ1) is 11.4. The Balaban J connectivity index is 2.24. The predicted molar refractivity (Wildman–Crippen MR) is 78.7 cm³/mol. The molecular formula is C15H9ClN4. The first-order valence-electron chi connectivity index (χ1n) is 6.20. The zero-order chi connectivity index (χ0) is 13.5. The third kappa shape index (κ3) is 1.52. The van der Waals surface area contributed by atoms with Gasteiger partial charge in [0.2, 0.25) is 0 Å². The number of para-hydroxylation sites is 1. The van der Waals surface area contributed by atoms with E-state index in [0.29, 0.717) is 10.7 Å². The van der Waals surface area contributed by atoms with Gasteiger partial charge in [0.25, 0.3) is 0 Å². The Labute approximate surface area is 119 Å². The summed E-state index contributed by atoms with van der Waals surface area (Å²) in [7, 11) is 0. The van der Waals surface area contributed by atoms with Gasteiger partial charge in [0.05, 0.1) is 10.5 Å². The molecule has 0 unspecified atom stereocenters. The zero-order valence-electron chi connectivity index (χ0n) is 10.4. The van der Waals surface area contributed by atoms with Crippen LogP contribution >= 0.6 is 11.6 Å². The molecule has 2 heterocycles. The van der Waals surface area contributed by atoms with Crippen LogP contribution in [0, 0.1) is 0 Å². The molecule has 0 aliphatic heterocycles. The largest absolute Gasteiger partial charge is 0.192 e. The summed E-state index contributed by atoms with van der Waals surface area (Å²) >= 11 is 6.60. The Bertz CT molecular complexity index is 915. The van der Waals surface area contributed by atoms with Crippen LogP contribution in [-0.2, 0) is 0 Å². The lowest BCUT2D eigenvalue weighted by Gasteiger charge is -2.09. The third-order valence-corrected chi connectivity index (χ3v) is 3.74. The first-order chi connectivity index (χ1) is 9.86. The van der Waals surface area contributed by atoms with Gasteiger partial charge >= 0.3 is 0 Å². The van der Waals surface area contributed by atoms with Gasteiger partial charge in [-0.15, -0.1) is 5.10 Å². The van der Waals surface area contributed by atoms with Gasteiger partial charge in [-0.25, -0.2) is 0 Å².